The van der Waals surface area contributed by atoms with Gasteiger partial charge in [-0.05, 0) is 41.0 Å². The van der Waals surface area contributed by atoms with Crippen molar-refractivity contribution in [3.63, 3.8) is 0 Å². The molecule has 2 heterocycles. The fourth-order valence-corrected chi connectivity index (χ4v) is 2.84. The fourth-order valence-electron chi connectivity index (χ4n) is 2.84. The number of nitrogens with zero attached hydrogens (tertiary/aromatic N) is 2. The smallest absolute Gasteiger partial charge is 0.418 e. The standard InChI is InChI=1S/C17H15N2O.BF4/c1-12-9-16-18-11-15-8-7-14(17(15)19(16)20-12)10-13-5-3-2-4-6-13;2-1(3,4)5/h2-6,9-11H,7-8H2,1H3;/q+1;-1. The molecule has 4 rings (SSSR count). The highest BCUT2D eigenvalue weighted by atomic mass is 19.5. The van der Waals surface area contributed by atoms with E-state index in [1.807, 2.05) is 29.8 Å². The summed E-state index contributed by atoms with van der Waals surface area (Å²) in [6.07, 6.45) is 6.29. The summed E-state index contributed by atoms with van der Waals surface area (Å²) in [4.78, 5) is 4.46. The second kappa shape index (κ2) is 6.70. The maximum Gasteiger partial charge on any atom is 0.673 e. The van der Waals surface area contributed by atoms with E-state index in [1.54, 1.807) is 0 Å². The molecule has 8 heteroatoms. The molecular weight excluding hydrogens is 335 g/mol. The van der Waals surface area contributed by atoms with Crippen molar-refractivity contribution >= 4 is 24.6 Å². The van der Waals surface area contributed by atoms with Crippen LogP contribution in [0.25, 0.3) is 17.3 Å². The largest absolute Gasteiger partial charge is 0.673 e. The predicted octanol–water partition coefficient (Wildman–Crippen LogP) is 4.51. The maximum atomic E-state index is 9.75. The molecule has 0 bridgehead atoms. The molecule has 3 aromatic rings. The van der Waals surface area contributed by atoms with Crippen molar-refractivity contribution in [1.82, 2.24) is 4.98 Å². The summed E-state index contributed by atoms with van der Waals surface area (Å²) in [6, 6.07) is 12.4. The van der Waals surface area contributed by atoms with E-state index >= 15 is 0 Å². The van der Waals surface area contributed by atoms with E-state index in [4.69, 9.17) is 4.52 Å². The maximum absolute atomic E-state index is 9.75. The zero-order valence-electron chi connectivity index (χ0n) is 13.4. The molecule has 0 radical (unpaired) electrons. The van der Waals surface area contributed by atoms with Gasteiger partial charge in [-0.15, -0.1) is 0 Å². The second-order valence-electron chi connectivity index (χ2n) is 5.71. The van der Waals surface area contributed by atoms with Crippen molar-refractivity contribution in [3.8, 4) is 0 Å². The van der Waals surface area contributed by atoms with Gasteiger partial charge < -0.3 is 21.8 Å². The fraction of sp³-hybridized carbons (Fsp3) is 0.176. The Morgan fingerprint density at radius 3 is 2.48 bits per heavy atom. The van der Waals surface area contributed by atoms with Crippen LogP contribution in [0.4, 0.5) is 17.3 Å². The third kappa shape index (κ3) is 4.26. The minimum absolute atomic E-state index is 0.877. The van der Waals surface area contributed by atoms with E-state index in [1.165, 1.54) is 22.4 Å². The molecule has 130 valence electrons. The molecule has 0 amide bonds. The van der Waals surface area contributed by atoms with Gasteiger partial charge in [-0.1, -0.05) is 30.3 Å². The van der Waals surface area contributed by atoms with Gasteiger partial charge >= 0.3 is 12.9 Å². The number of rotatable bonds is 1. The van der Waals surface area contributed by atoms with Gasteiger partial charge in [0.15, 0.2) is 11.5 Å². The Bertz CT molecular complexity index is 914. The van der Waals surface area contributed by atoms with Crippen LogP contribution in [0, 0.1) is 6.92 Å². The number of hydrogen-bond acceptors (Lipinski definition) is 2. The average Bonchev–Trinajstić information content (AvgIpc) is 3.09. The zero-order chi connectivity index (χ0) is 18.0. The Balaban J connectivity index is 0.000000324. The first-order valence-electron chi connectivity index (χ1n) is 7.75. The van der Waals surface area contributed by atoms with Gasteiger partial charge in [0.1, 0.15) is 6.20 Å². The normalized spacial score (nSPS) is 15.2. The van der Waals surface area contributed by atoms with Crippen molar-refractivity contribution in [2.45, 2.75) is 19.8 Å². The molecular formula is C17H15BF4N2O. The monoisotopic (exact) mass is 350 g/mol. The first kappa shape index (κ1) is 17.2. The number of hydrogen-bond donors (Lipinski definition) is 0. The number of allylic oxidation sites excluding steroid dienone is 1. The van der Waals surface area contributed by atoms with E-state index in [0.717, 1.165) is 24.2 Å². The number of aromatic nitrogens is 2. The summed E-state index contributed by atoms with van der Waals surface area (Å²) >= 11 is 0. The average molecular weight is 350 g/mol. The molecule has 1 aromatic carbocycles. The van der Waals surface area contributed by atoms with E-state index in [-0.39, 0.29) is 0 Å². The number of fused-ring (bicyclic) bond motifs is 3. The minimum Gasteiger partial charge on any atom is -0.418 e. The minimum atomic E-state index is -6.00. The molecule has 0 aliphatic heterocycles. The summed E-state index contributed by atoms with van der Waals surface area (Å²) < 4.78 is 46.7. The first-order chi connectivity index (χ1) is 11.8. The van der Waals surface area contributed by atoms with Crippen molar-refractivity contribution in [3.05, 3.63) is 65.2 Å². The molecule has 2 aromatic heterocycles. The van der Waals surface area contributed by atoms with Gasteiger partial charge in [-0.25, -0.2) is 0 Å². The van der Waals surface area contributed by atoms with E-state index < -0.39 is 7.25 Å². The third-order valence-corrected chi connectivity index (χ3v) is 3.74. The molecule has 1 aliphatic carbocycles. The van der Waals surface area contributed by atoms with Crippen LogP contribution in [0.5, 0.6) is 0 Å². The lowest BCUT2D eigenvalue weighted by Gasteiger charge is -1.98. The highest BCUT2D eigenvalue weighted by molar-refractivity contribution is 6.50. The molecule has 0 spiro atoms. The lowest BCUT2D eigenvalue weighted by atomic mass is 10.1. The Morgan fingerprint density at radius 1 is 1.12 bits per heavy atom. The lowest BCUT2D eigenvalue weighted by molar-refractivity contribution is -0.721. The van der Waals surface area contributed by atoms with Gasteiger partial charge in [0.25, 0.3) is 0 Å². The highest BCUT2D eigenvalue weighted by Crippen LogP contribution is 2.31. The van der Waals surface area contributed by atoms with Crippen LogP contribution in [0.15, 0.2) is 47.1 Å². The first-order valence-corrected chi connectivity index (χ1v) is 7.75. The molecule has 1 aliphatic rings. The van der Waals surface area contributed by atoms with Crippen LogP contribution in [0.1, 0.15) is 29.0 Å². The Hall–Kier alpha value is -2.64. The molecule has 3 nitrogen and oxygen atoms in total. The van der Waals surface area contributed by atoms with Crippen LogP contribution < -0.4 is 4.57 Å². The Labute approximate surface area is 141 Å². The van der Waals surface area contributed by atoms with E-state index in [2.05, 4.69) is 35.3 Å². The number of aryl methyl sites for hydroxylation is 2. The topological polar surface area (TPSA) is 30.1 Å². The lowest BCUT2D eigenvalue weighted by Crippen LogP contribution is -2.25. The number of benzene rings is 1. The van der Waals surface area contributed by atoms with Crippen molar-refractivity contribution in [2.24, 2.45) is 0 Å². The highest BCUT2D eigenvalue weighted by Gasteiger charge is 2.28. The van der Waals surface area contributed by atoms with Crippen LogP contribution in [0.2, 0.25) is 0 Å². The predicted molar refractivity (Wildman–Crippen MR) is 87.2 cm³/mol. The third-order valence-electron chi connectivity index (χ3n) is 3.74. The van der Waals surface area contributed by atoms with E-state index in [0.29, 0.717) is 0 Å². The summed E-state index contributed by atoms with van der Waals surface area (Å²) in [7, 11) is -6.00. The van der Waals surface area contributed by atoms with Crippen molar-refractivity contribution in [2.75, 3.05) is 0 Å². The molecule has 0 fully saturated rings. The van der Waals surface area contributed by atoms with E-state index in [9.17, 15) is 17.3 Å². The van der Waals surface area contributed by atoms with Gasteiger partial charge in [-0.2, -0.15) is 0 Å². The van der Waals surface area contributed by atoms with Crippen LogP contribution in [0.3, 0.4) is 0 Å². The summed E-state index contributed by atoms with van der Waals surface area (Å²) in [5, 5.41) is 0. The van der Waals surface area contributed by atoms with Crippen LogP contribution in [-0.4, -0.2) is 12.2 Å². The van der Waals surface area contributed by atoms with Crippen molar-refractivity contribution < 1.29 is 26.4 Å². The number of halogens is 4. The molecule has 0 saturated carbocycles. The molecule has 0 saturated heterocycles. The summed E-state index contributed by atoms with van der Waals surface area (Å²) in [5.41, 5.74) is 5.86. The molecule has 25 heavy (non-hydrogen) atoms. The SMILES string of the molecule is Cc1cc2ncc3c([n+]2o1)C(=Cc1ccccc1)CC3.F[B-](F)(F)F. The van der Waals surface area contributed by atoms with Crippen molar-refractivity contribution in [1.29, 1.82) is 0 Å². The Morgan fingerprint density at radius 2 is 1.80 bits per heavy atom. The van der Waals surface area contributed by atoms with Gasteiger partial charge in [-0.3, -0.25) is 0 Å². The second-order valence-corrected chi connectivity index (χ2v) is 5.71. The Kier molecular flexibility index (Phi) is 4.61. The molecule has 0 N–H and O–H groups in total. The quantitative estimate of drug-likeness (QED) is 0.367. The molecule has 0 unspecified atom stereocenters. The summed E-state index contributed by atoms with van der Waals surface area (Å²) in [5.74, 6) is 0.886. The molecule has 0 atom stereocenters. The summed E-state index contributed by atoms with van der Waals surface area (Å²) in [6.45, 7) is 1.95. The zero-order valence-corrected chi connectivity index (χ0v) is 13.4. The van der Waals surface area contributed by atoms with Crippen LogP contribution in [-0.2, 0) is 6.42 Å². The van der Waals surface area contributed by atoms with Gasteiger partial charge in [0.2, 0.25) is 0 Å². The van der Waals surface area contributed by atoms with Gasteiger partial charge in [0, 0.05) is 11.1 Å². The van der Waals surface area contributed by atoms with Crippen LogP contribution >= 0.6 is 0 Å². The van der Waals surface area contributed by atoms with Gasteiger partial charge in [0.05, 0.1) is 6.07 Å².